The van der Waals surface area contributed by atoms with Crippen molar-refractivity contribution in [3.8, 4) is 6.07 Å². The number of hydrogen-bond acceptors (Lipinski definition) is 1. The van der Waals surface area contributed by atoms with E-state index in [0.717, 1.165) is 5.56 Å². The van der Waals surface area contributed by atoms with E-state index in [9.17, 15) is 17.6 Å². The maximum atomic E-state index is 13.4. The lowest BCUT2D eigenvalue weighted by Gasteiger charge is -2.06. The molecule has 2 aromatic rings. The molecule has 0 atom stereocenters. The molecule has 0 aromatic heterocycles. The van der Waals surface area contributed by atoms with Gasteiger partial charge in [0, 0.05) is 0 Å². The zero-order chi connectivity index (χ0) is 14.7. The normalized spacial score (nSPS) is 10.3. The van der Waals surface area contributed by atoms with Gasteiger partial charge in [0.15, 0.2) is 23.3 Å². The molecule has 0 spiro atoms. The summed E-state index contributed by atoms with van der Waals surface area (Å²) >= 11 is 0. The minimum Gasteiger partial charge on any atom is -0.204 e. The minimum atomic E-state index is -1.80. The van der Waals surface area contributed by atoms with Gasteiger partial charge < -0.3 is 0 Å². The molecule has 0 heterocycles. The van der Waals surface area contributed by atoms with Crippen LogP contribution < -0.4 is 0 Å². The van der Waals surface area contributed by atoms with E-state index in [-0.39, 0.29) is 12.0 Å². The third-order valence-electron chi connectivity index (χ3n) is 2.94. The molecule has 5 heteroatoms. The summed E-state index contributed by atoms with van der Waals surface area (Å²) in [4.78, 5) is 0. The number of nitriles is 1. The highest BCUT2D eigenvalue weighted by molar-refractivity contribution is 5.32. The van der Waals surface area contributed by atoms with Gasteiger partial charge in [-0.05, 0) is 42.2 Å². The topological polar surface area (TPSA) is 23.8 Å². The van der Waals surface area contributed by atoms with E-state index in [0.29, 0.717) is 18.1 Å². The Bertz CT molecular complexity index is 672. The van der Waals surface area contributed by atoms with Crippen molar-refractivity contribution in [2.75, 3.05) is 0 Å². The number of benzene rings is 2. The molecule has 0 N–H and O–H groups in total. The van der Waals surface area contributed by atoms with Gasteiger partial charge in [-0.1, -0.05) is 12.1 Å². The van der Waals surface area contributed by atoms with Gasteiger partial charge in [-0.25, -0.2) is 17.6 Å². The molecule has 0 saturated heterocycles. The quantitative estimate of drug-likeness (QED) is 0.475. The van der Waals surface area contributed by atoms with Crippen LogP contribution in [0, 0.1) is 34.6 Å². The highest BCUT2D eigenvalue weighted by Crippen LogP contribution is 2.20. The molecule has 102 valence electrons. The summed E-state index contributed by atoms with van der Waals surface area (Å²) in [6, 6.07) is 9.16. The lowest BCUT2D eigenvalue weighted by molar-refractivity contribution is 0.403. The molecule has 20 heavy (non-hydrogen) atoms. The van der Waals surface area contributed by atoms with Gasteiger partial charge in [0.1, 0.15) is 0 Å². The minimum absolute atomic E-state index is 0.0336. The summed E-state index contributed by atoms with van der Waals surface area (Å²) in [7, 11) is 0. The van der Waals surface area contributed by atoms with Crippen molar-refractivity contribution in [3.05, 3.63) is 70.3 Å². The highest BCUT2D eigenvalue weighted by Gasteiger charge is 2.18. The van der Waals surface area contributed by atoms with E-state index < -0.39 is 23.3 Å². The Morgan fingerprint density at radius 3 is 2.10 bits per heavy atom. The lowest BCUT2D eigenvalue weighted by Crippen LogP contribution is -2.03. The molecule has 1 nitrogen and oxygen atoms in total. The second-order valence-electron chi connectivity index (χ2n) is 4.27. The van der Waals surface area contributed by atoms with Crippen molar-refractivity contribution in [2.45, 2.75) is 12.8 Å². The average Bonchev–Trinajstić information content (AvgIpc) is 2.48. The predicted molar refractivity (Wildman–Crippen MR) is 64.8 cm³/mol. The smallest absolute Gasteiger partial charge is 0.197 e. The van der Waals surface area contributed by atoms with E-state index in [1.54, 1.807) is 24.3 Å². The summed E-state index contributed by atoms with van der Waals surface area (Å²) < 4.78 is 52.3. The Hall–Kier alpha value is -2.35. The van der Waals surface area contributed by atoms with Gasteiger partial charge in [-0.15, -0.1) is 0 Å². The van der Waals surface area contributed by atoms with Crippen molar-refractivity contribution in [1.82, 2.24) is 0 Å². The second-order valence-corrected chi connectivity index (χ2v) is 4.27. The fourth-order valence-electron chi connectivity index (χ4n) is 1.83. The van der Waals surface area contributed by atoms with Crippen molar-refractivity contribution in [3.63, 3.8) is 0 Å². The molecule has 0 unspecified atom stereocenters. The SMILES string of the molecule is N#Cc1ccc(CCc2cc(F)c(F)c(F)c2F)cc1. The standard InChI is InChI=1S/C15H9F4N/c16-12-7-11(13(17)15(19)14(12)18)6-5-9-1-3-10(8-20)4-2-9/h1-4,7H,5-6H2. The zero-order valence-electron chi connectivity index (χ0n) is 10.3. The number of halogens is 4. The molecular formula is C15H9F4N. The summed E-state index contributed by atoms with van der Waals surface area (Å²) in [5.41, 5.74) is 1.05. The Morgan fingerprint density at radius 1 is 0.850 bits per heavy atom. The first kappa shape index (κ1) is 14.1. The molecule has 0 aliphatic rings. The molecule has 0 saturated carbocycles. The van der Waals surface area contributed by atoms with E-state index in [4.69, 9.17) is 5.26 Å². The van der Waals surface area contributed by atoms with Crippen LogP contribution in [0.15, 0.2) is 30.3 Å². The highest BCUT2D eigenvalue weighted by atomic mass is 19.2. The van der Waals surface area contributed by atoms with Gasteiger partial charge in [-0.3, -0.25) is 0 Å². The first-order valence-electron chi connectivity index (χ1n) is 5.84. The summed E-state index contributed by atoms with van der Waals surface area (Å²) in [5.74, 6) is -6.36. The summed E-state index contributed by atoms with van der Waals surface area (Å²) in [6.45, 7) is 0. The fraction of sp³-hybridized carbons (Fsp3) is 0.133. The van der Waals surface area contributed by atoms with Crippen LogP contribution in [0.25, 0.3) is 0 Å². The predicted octanol–water partition coefficient (Wildman–Crippen LogP) is 3.90. The van der Waals surface area contributed by atoms with E-state index in [1.165, 1.54) is 0 Å². The van der Waals surface area contributed by atoms with E-state index in [2.05, 4.69) is 0 Å². The Balaban J connectivity index is 2.17. The van der Waals surface area contributed by atoms with Crippen LogP contribution in [0.2, 0.25) is 0 Å². The van der Waals surface area contributed by atoms with E-state index in [1.807, 2.05) is 6.07 Å². The molecule has 0 amide bonds. The molecule has 0 aliphatic heterocycles. The third kappa shape index (κ3) is 2.80. The monoisotopic (exact) mass is 279 g/mol. The largest absolute Gasteiger partial charge is 0.204 e. The van der Waals surface area contributed by atoms with Gasteiger partial charge >= 0.3 is 0 Å². The Morgan fingerprint density at radius 2 is 1.50 bits per heavy atom. The maximum Gasteiger partial charge on any atom is 0.197 e. The lowest BCUT2D eigenvalue weighted by atomic mass is 10.0. The zero-order valence-corrected chi connectivity index (χ0v) is 10.3. The molecular weight excluding hydrogens is 270 g/mol. The molecule has 0 fully saturated rings. The van der Waals surface area contributed by atoms with Crippen molar-refractivity contribution >= 4 is 0 Å². The van der Waals surface area contributed by atoms with Gasteiger partial charge in [-0.2, -0.15) is 5.26 Å². The van der Waals surface area contributed by atoms with Crippen LogP contribution in [-0.2, 0) is 12.8 Å². The fourth-order valence-corrected chi connectivity index (χ4v) is 1.83. The first-order chi connectivity index (χ1) is 9.52. The molecule has 0 radical (unpaired) electrons. The first-order valence-corrected chi connectivity index (χ1v) is 5.84. The summed E-state index contributed by atoms with van der Waals surface area (Å²) in [6.07, 6.45) is 0.360. The molecule has 2 rings (SSSR count). The number of nitrogens with zero attached hydrogens (tertiary/aromatic N) is 1. The second kappa shape index (κ2) is 5.74. The van der Waals surface area contributed by atoms with Crippen LogP contribution in [0.1, 0.15) is 16.7 Å². The van der Waals surface area contributed by atoms with Gasteiger partial charge in [0.2, 0.25) is 0 Å². The van der Waals surface area contributed by atoms with Gasteiger partial charge in [0.25, 0.3) is 0 Å². The number of hydrogen-bond donors (Lipinski definition) is 0. The molecule has 2 aromatic carbocycles. The van der Waals surface area contributed by atoms with Crippen LogP contribution in [0.4, 0.5) is 17.6 Å². The van der Waals surface area contributed by atoms with Crippen LogP contribution in [-0.4, -0.2) is 0 Å². The maximum absolute atomic E-state index is 13.4. The van der Waals surface area contributed by atoms with E-state index >= 15 is 0 Å². The average molecular weight is 279 g/mol. The van der Waals surface area contributed by atoms with Gasteiger partial charge in [0.05, 0.1) is 11.6 Å². The van der Waals surface area contributed by atoms with Crippen molar-refractivity contribution in [1.29, 1.82) is 5.26 Å². The Kier molecular flexibility index (Phi) is 4.04. The van der Waals surface area contributed by atoms with Crippen LogP contribution in [0.5, 0.6) is 0 Å². The van der Waals surface area contributed by atoms with Crippen molar-refractivity contribution in [2.24, 2.45) is 0 Å². The summed E-state index contributed by atoms with van der Waals surface area (Å²) in [5, 5.41) is 8.64. The number of rotatable bonds is 3. The molecule has 0 aliphatic carbocycles. The van der Waals surface area contributed by atoms with Crippen LogP contribution >= 0.6 is 0 Å². The molecule has 0 bridgehead atoms. The third-order valence-corrected chi connectivity index (χ3v) is 2.94. The Labute approximate surface area is 113 Å². The van der Waals surface area contributed by atoms with Crippen molar-refractivity contribution < 1.29 is 17.6 Å². The number of aryl methyl sites for hydroxylation is 2. The van der Waals surface area contributed by atoms with Crippen LogP contribution in [0.3, 0.4) is 0 Å².